The van der Waals surface area contributed by atoms with Crippen LogP contribution < -0.4 is 10.0 Å². The Morgan fingerprint density at radius 1 is 1.04 bits per heavy atom. The zero-order valence-electron chi connectivity index (χ0n) is 14.0. The molecule has 2 aromatic rings. The molecule has 0 aliphatic rings. The summed E-state index contributed by atoms with van der Waals surface area (Å²) in [6.07, 6.45) is -4.56. The van der Waals surface area contributed by atoms with Gasteiger partial charge in [0.25, 0.3) is 15.9 Å². The van der Waals surface area contributed by atoms with E-state index in [0.717, 1.165) is 11.6 Å². The van der Waals surface area contributed by atoms with E-state index in [9.17, 15) is 26.4 Å². The van der Waals surface area contributed by atoms with Gasteiger partial charge in [-0.25, -0.2) is 8.42 Å². The fraction of sp³-hybridized carbons (Fsp3) is 0.235. The fourth-order valence-corrected chi connectivity index (χ4v) is 3.21. The maximum atomic E-state index is 12.5. The van der Waals surface area contributed by atoms with Crippen molar-refractivity contribution in [1.29, 1.82) is 0 Å². The summed E-state index contributed by atoms with van der Waals surface area (Å²) in [5, 5.41) is 1.74. The molecular weight excluding hydrogens is 369 g/mol. The normalized spacial score (nSPS) is 11.9. The molecule has 9 heteroatoms. The Kier molecular flexibility index (Phi) is 5.60. The van der Waals surface area contributed by atoms with Crippen LogP contribution in [-0.4, -0.2) is 27.0 Å². The lowest BCUT2D eigenvalue weighted by Crippen LogP contribution is -2.34. The Labute approximate surface area is 149 Å². The topological polar surface area (TPSA) is 75.3 Å². The van der Waals surface area contributed by atoms with Crippen molar-refractivity contribution in [2.75, 3.05) is 11.3 Å². The van der Waals surface area contributed by atoms with Gasteiger partial charge in [0.05, 0.1) is 4.90 Å². The van der Waals surface area contributed by atoms with Crippen LogP contribution >= 0.6 is 0 Å². The fourth-order valence-electron chi connectivity index (χ4n) is 2.12. The number of nitrogens with one attached hydrogen (secondary N) is 2. The van der Waals surface area contributed by atoms with E-state index in [1.807, 2.05) is 6.92 Å². The third-order valence-corrected chi connectivity index (χ3v) is 4.90. The largest absolute Gasteiger partial charge is 0.405 e. The van der Waals surface area contributed by atoms with Crippen molar-refractivity contribution < 1.29 is 26.4 Å². The highest BCUT2D eigenvalue weighted by molar-refractivity contribution is 7.92. The molecule has 0 saturated heterocycles. The minimum Gasteiger partial charge on any atom is -0.343 e. The van der Waals surface area contributed by atoms with Crippen LogP contribution in [0, 0.1) is 13.8 Å². The van der Waals surface area contributed by atoms with Gasteiger partial charge in [0.1, 0.15) is 6.54 Å². The summed E-state index contributed by atoms with van der Waals surface area (Å²) in [6.45, 7) is 1.86. The van der Waals surface area contributed by atoms with Crippen LogP contribution in [-0.2, 0) is 10.0 Å². The van der Waals surface area contributed by atoms with E-state index in [2.05, 4.69) is 4.72 Å². The maximum absolute atomic E-state index is 12.5. The number of alkyl halides is 3. The van der Waals surface area contributed by atoms with Crippen molar-refractivity contribution in [2.24, 2.45) is 0 Å². The van der Waals surface area contributed by atoms with Crippen LogP contribution in [0.2, 0.25) is 0 Å². The zero-order valence-corrected chi connectivity index (χ0v) is 14.8. The first-order chi connectivity index (χ1) is 12.0. The summed E-state index contributed by atoms with van der Waals surface area (Å²) in [4.78, 5) is 11.7. The summed E-state index contributed by atoms with van der Waals surface area (Å²) in [6, 6.07) is 10.3. The number of anilines is 1. The molecule has 2 rings (SSSR count). The van der Waals surface area contributed by atoms with E-state index in [1.54, 1.807) is 29.6 Å². The molecule has 0 aliphatic carbocycles. The molecule has 1 amide bonds. The lowest BCUT2D eigenvalue weighted by atomic mass is 10.1. The van der Waals surface area contributed by atoms with E-state index < -0.39 is 28.7 Å². The second-order valence-corrected chi connectivity index (χ2v) is 7.43. The van der Waals surface area contributed by atoms with Crippen LogP contribution in [0.4, 0.5) is 18.9 Å². The molecule has 0 atom stereocenters. The van der Waals surface area contributed by atoms with Gasteiger partial charge < -0.3 is 5.32 Å². The van der Waals surface area contributed by atoms with Gasteiger partial charge in [0, 0.05) is 11.3 Å². The van der Waals surface area contributed by atoms with Crippen LogP contribution in [0.1, 0.15) is 21.5 Å². The quantitative estimate of drug-likeness (QED) is 0.827. The van der Waals surface area contributed by atoms with Gasteiger partial charge in [-0.05, 0) is 43.7 Å². The van der Waals surface area contributed by atoms with Crippen LogP contribution in [0.25, 0.3) is 0 Å². The number of amides is 1. The van der Waals surface area contributed by atoms with Crippen molar-refractivity contribution in [2.45, 2.75) is 24.9 Å². The molecule has 2 N–H and O–H groups in total. The third kappa shape index (κ3) is 5.22. The number of carbonyl (C=O) groups is 1. The number of hydrogen-bond donors (Lipinski definition) is 2. The number of carbonyl (C=O) groups excluding carboxylic acids is 1. The minimum absolute atomic E-state index is 0.138. The summed E-state index contributed by atoms with van der Waals surface area (Å²) in [7, 11) is -3.99. The third-order valence-electron chi connectivity index (χ3n) is 3.52. The van der Waals surface area contributed by atoms with Crippen LogP contribution in [0.5, 0.6) is 0 Å². The molecule has 0 saturated carbocycles. The Bertz CT molecular complexity index is 908. The summed E-state index contributed by atoms with van der Waals surface area (Å²) in [5.74, 6) is -0.993. The second kappa shape index (κ2) is 7.36. The van der Waals surface area contributed by atoms with Crippen molar-refractivity contribution in [3.63, 3.8) is 0 Å². The Morgan fingerprint density at radius 2 is 1.65 bits per heavy atom. The molecule has 140 valence electrons. The number of aryl methyl sites for hydroxylation is 2. The molecular formula is C17H17F3N2O3S. The van der Waals surface area contributed by atoms with Gasteiger partial charge in [0.2, 0.25) is 0 Å². The molecule has 0 unspecified atom stereocenters. The molecule has 0 heterocycles. The Balaban J connectivity index is 2.27. The van der Waals surface area contributed by atoms with Crippen molar-refractivity contribution in [3.05, 3.63) is 59.2 Å². The van der Waals surface area contributed by atoms with E-state index in [4.69, 9.17) is 0 Å². The van der Waals surface area contributed by atoms with Gasteiger partial charge in [-0.15, -0.1) is 0 Å². The molecule has 5 nitrogen and oxygen atoms in total. The minimum atomic E-state index is -4.56. The molecule has 2 aromatic carbocycles. The van der Waals surface area contributed by atoms with Gasteiger partial charge >= 0.3 is 6.18 Å². The molecule has 0 radical (unpaired) electrons. The van der Waals surface area contributed by atoms with Gasteiger partial charge in [-0.3, -0.25) is 9.52 Å². The van der Waals surface area contributed by atoms with E-state index >= 15 is 0 Å². The van der Waals surface area contributed by atoms with E-state index in [1.165, 1.54) is 19.1 Å². The Morgan fingerprint density at radius 3 is 2.23 bits per heavy atom. The standard InChI is InChI=1S/C17H17F3N2O3S/c1-11-3-6-13(7-4-11)22-26(24,25)14-8-5-12(2)15(9-14)16(23)21-10-17(18,19)20/h3-9,22H,10H2,1-2H3,(H,21,23). The molecule has 0 aromatic heterocycles. The lowest BCUT2D eigenvalue weighted by Gasteiger charge is -2.13. The molecule has 0 spiro atoms. The van der Waals surface area contributed by atoms with Gasteiger partial charge in [-0.2, -0.15) is 13.2 Å². The van der Waals surface area contributed by atoms with Crippen molar-refractivity contribution in [1.82, 2.24) is 5.32 Å². The highest BCUT2D eigenvalue weighted by Gasteiger charge is 2.28. The number of benzene rings is 2. The van der Waals surface area contributed by atoms with Crippen LogP contribution in [0.15, 0.2) is 47.4 Å². The SMILES string of the molecule is Cc1ccc(NS(=O)(=O)c2ccc(C)c(C(=O)NCC(F)(F)F)c2)cc1. The second-order valence-electron chi connectivity index (χ2n) is 5.75. The molecule has 26 heavy (non-hydrogen) atoms. The number of sulfonamides is 1. The average Bonchev–Trinajstić information content (AvgIpc) is 2.54. The predicted octanol–water partition coefficient (Wildman–Crippen LogP) is 3.40. The lowest BCUT2D eigenvalue weighted by molar-refractivity contribution is -0.123. The first-order valence-corrected chi connectivity index (χ1v) is 9.01. The van der Waals surface area contributed by atoms with Crippen LogP contribution in [0.3, 0.4) is 0 Å². The highest BCUT2D eigenvalue weighted by Crippen LogP contribution is 2.20. The summed E-state index contributed by atoms with van der Waals surface area (Å²) >= 11 is 0. The first kappa shape index (κ1) is 19.8. The number of rotatable bonds is 5. The Hall–Kier alpha value is -2.55. The molecule has 0 fully saturated rings. The number of hydrogen-bond acceptors (Lipinski definition) is 3. The zero-order chi connectivity index (χ0) is 19.5. The van der Waals surface area contributed by atoms with E-state index in [-0.39, 0.29) is 10.5 Å². The monoisotopic (exact) mass is 386 g/mol. The molecule has 0 aliphatic heterocycles. The highest BCUT2D eigenvalue weighted by atomic mass is 32.2. The van der Waals surface area contributed by atoms with Crippen molar-refractivity contribution >= 4 is 21.6 Å². The maximum Gasteiger partial charge on any atom is 0.405 e. The van der Waals surface area contributed by atoms with Crippen molar-refractivity contribution in [3.8, 4) is 0 Å². The summed E-state index contributed by atoms with van der Waals surface area (Å²) < 4.78 is 64.1. The number of halogens is 3. The van der Waals surface area contributed by atoms with E-state index in [0.29, 0.717) is 11.3 Å². The average molecular weight is 386 g/mol. The molecule has 0 bridgehead atoms. The van der Waals surface area contributed by atoms with Gasteiger partial charge in [-0.1, -0.05) is 23.8 Å². The summed E-state index contributed by atoms with van der Waals surface area (Å²) in [5.41, 5.74) is 1.51. The van der Waals surface area contributed by atoms with Gasteiger partial charge in [0.15, 0.2) is 0 Å². The first-order valence-electron chi connectivity index (χ1n) is 7.53. The smallest absolute Gasteiger partial charge is 0.343 e. The predicted molar refractivity (Wildman–Crippen MR) is 91.6 cm³/mol.